The number of benzene rings is 2. The van der Waals surface area contributed by atoms with Gasteiger partial charge in [0.15, 0.2) is 5.11 Å². The number of halogens is 2. The zero-order chi connectivity index (χ0) is 20.4. The monoisotopic (exact) mass is 433 g/mol. The highest BCUT2D eigenvalue weighted by Crippen LogP contribution is 2.34. The van der Waals surface area contributed by atoms with Gasteiger partial charge in [-0.1, -0.05) is 11.6 Å². The number of nitrogens with two attached hydrogens (primary N) is 1. The fraction of sp³-hybridized carbons (Fsp3) is 0.211. The third-order valence-electron chi connectivity index (χ3n) is 4.36. The molecule has 150 valence electrons. The number of thiocarbonyl (C=S) groups is 1. The minimum absolute atomic E-state index is 0.0127. The lowest BCUT2D eigenvalue weighted by Crippen LogP contribution is -2.21. The molecule has 2 aromatic carbocycles. The lowest BCUT2D eigenvalue weighted by atomic mass is 10.1. The second-order valence-electron chi connectivity index (χ2n) is 6.43. The SMILES string of the molecule is NC(=S)Nc1cc2c(Nc3ccc(F)c(Cl)c3)ncnc2cc1OC1CCOC1. The third-order valence-corrected chi connectivity index (χ3v) is 4.75. The summed E-state index contributed by atoms with van der Waals surface area (Å²) in [4.78, 5) is 8.63. The Morgan fingerprint density at radius 2 is 2.17 bits per heavy atom. The summed E-state index contributed by atoms with van der Waals surface area (Å²) in [5.74, 6) is 0.583. The van der Waals surface area contributed by atoms with Crippen LogP contribution in [0.4, 0.5) is 21.6 Å². The summed E-state index contributed by atoms with van der Waals surface area (Å²) in [6.45, 7) is 1.18. The van der Waals surface area contributed by atoms with Crippen LogP contribution in [0.5, 0.6) is 5.75 Å². The summed E-state index contributed by atoms with van der Waals surface area (Å²) in [5, 5.41) is 6.88. The van der Waals surface area contributed by atoms with Crippen molar-refractivity contribution in [3.8, 4) is 5.75 Å². The molecule has 10 heteroatoms. The zero-order valence-corrected chi connectivity index (χ0v) is 16.7. The van der Waals surface area contributed by atoms with E-state index in [-0.39, 0.29) is 16.2 Å². The summed E-state index contributed by atoms with van der Waals surface area (Å²) < 4.78 is 24.9. The molecule has 7 nitrogen and oxygen atoms in total. The molecule has 0 bridgehead atoms. The van der Waals surface area contributed by atoms with Crippen molar-refractivity contribution >= 4 is 57.0 Å². The van der Waals surface area contributed by atoms with Crippen LogP contribution >= 0.6 is 23.8 Å². The average molecular weight is 434 g/mol. The number of nitrogens with zero attached hydrogens (tertiary/aromatic N) is 2. The van der Waals surface area contributed by atoms with Crippen LogP contribution in [0.25, 0.3) is 10.9 Å². The van der Waals surface area contributed by atoms with Crippen molar-refractivity contribution in [3.05, 3.63) is 47.5 Å². The Balaban J connectivity index is 1.73. The Kier molecular flexibility index (Phi) is 5.61. The van der Waals surface area contributed by atoms with Gasteiger partial charge in [0.2, 0.25) is 0 Å². The number of rotatable bonds is 5. The predicted molar refractivity (Wildman–Crippen MR) is 114 cm³/mol. The highest BCUT2D eigenvalue weighted by atomic mass is 35.5. The van der Waals surface area contributed by atoms with E-state index in [0.29, 0.717) is 47.1 Å². The topological polar surface area (TPSA) is 94.3 Å². The van der Waals surface area contributed by atoms with Crippen LogP contribution in [0.3, 0.4) is 0 Å². The van der Waals surface area contributed by atoms with Gasteiger partial charge in [0.05, 0.1) is 29.4 Å². The van der Waals surface area contributed by atoms with Crippen molar-refractivity contribution in [2.45, 2.75) is 12.5 Å². The van der Waals surface area contributed by atoms with Crippen LogP contribution < -0.4 is 21.1 Å². The fourth-order valence-corrected chi connectivity index (χ4v) is 3.30. The summed E-state index contributed by atoms with van der Waals surface area (Å²) in [7, 11) is 0. The Labute approximate surface area is 176 Å². The lowest BCUT2D eigenvalue weighted by Gasteiger charge is -2.18. The molecular weight excluding hydrogens is 417 g/mol. The van der Waals surface area contributed by atoms with Gasteiger partial charge >= 0.3 is 0 Å². The maximum atomic E-state index is 13.4. The van der Waals surface area contributed by atoms with E-state index in [1.165, 1.54) is 18.5 Å². The van der Waals surface area contributed by atoms with Crippen molar-refractivity contribution in [2.24, 2.45) is 5.73 Å². The van der Waals surface area contributed by atoms with Gasteiger partial charge in [-0.15, -0.1) is 0 Å². The number of hydrogen-bond donors (Lipinski definition) is 3. The predicted octanol–water partition coefficient (Wildman–Crippen LogP) is 3.99. The molecule has 0 amide bonds. The molecule has 0 spiro atoms. The average Bonchev–Trinajstić information content (AvgIpc) is 3.18. The van der Waals surface area contributed by atoms with Gasteiger partial charge < -0.3 is 25.8 Å². The molecule has 4 N–H and O–H groups in total. The van der Waals surface area contributed by atoms with E-state index in [0.717, 1.165) is 6.42 Å². The number of ether oxygens (including phenoxy) is 2. The minimum Gasteiger partial charge on any atom is -0.486 e. The highest BCUT2D eigenvalue weighted by molar-refractivity contribution is 7.80. The first-order valence-electron chi connectivity index (χ1n) is 8.81. The minimum atomic E-state index is -0.495. The first kappa shape index (κ1) is 19.6. The molecule has 1 saturated heterocycles. The highest BCUT2D eigenvalue weighted by Gasteiger charge is 2.20. The molecule has 3 aromatic rings. The normalized spacial score (nSPS) is 16.0. The quantitative estimate of drug-likeness (QED) is 0.520. The van der Waals surface area contributed by atoms with Crippen molar-refractivity contribution in [1.29, 1.82) is 0 Å². The van der Waals surface area contributed by atoms with Gasteiger partial charge in [-0.2, -0.15) is 0 Å². The number of hydrogen-bond acceptors (Lipinski definition) is 6. The van der Waals surface area contributed by atoms with E-state index < -0.39 is 5.82 Å². The Hall–Kier alpha value is -2.75. The number of fused-ring (bicyclic) bond motifs is 1. The van der Waals surface area contributed by atoms with Crippen LogP contribution in [0, 0.1) is 5.82 Å². The van der Waals surface area contributed by atoms with E-state index in [9.17, 15) is 4.39 Å². The Bertz CT molecular complexity index is 1080. The van der Waals surface area contributed by atoms with Crippen LogP contribution in [0.2, 0.25) is 5.02 Å². The summed E-state index contributed by atoms with van der Waals surface area (Å²) in [6, 6.07) is 7.92. The van der Waals surface area contributed by atoms with Gasteiger partial charge in [0.25, 0.3) is 0 Å². The Morgan fingerprint density at radius 1 is 1.31 bits per heavy atom. The van der Waals surface area contributed by atoms with Gasteiger partial charge in [-0.3, -0.25) is 0 Å². The van der Waals surface area contributed by atoms with Gasteiger partial charge in [-0.05, 0) is 36.5 Å². The second-order valence-corrected chi connectivity index (χ2v) is 7.28. The van der Waals surface area contributed by atoms with Crippen molar-refractivity contribution in [1.82, 2.24) is 9.97 Å². The van der Waals surface area contributed by atoms with Crippen LogP contribution in [0.1, 0.15) is 6.42 Å². The van der Waals surface area contributed by atoms with Crippen LogP contribution in [0.15, 0.2) is 36.7 Å². The molecule has 1 aromatic heterocycles. The van der Waals surface area contributed by atoms with E-state index >= 15 is 0 Å². The molecule has 29 heavy (non-hydrogen) atoms. The first-order chi connectivity index (χ1) is 14.0. The molecule has 2 heterocycles. The fourth-order valence-electron chi connectivity index (χ4n) is 3.01. The summed E-state index contributed by atoms with van der Waals surface area (Å²) in [6.07, 6.45) is 2.17. The van der Waals surface area contributed by atoms with Crippen LogP contribution in [-0.2, 0) is 4.74 Å². The number of nitrogens with one attached hydrogen (secondary N) is 2. The van der Waals surface area contributed by atoms with Gasteiger partial charge in [0, 0.05) is 23.6 Å². The molecule has 1 aliphatic heterocycles. The van der Waals surface area contributed by atoms with Crippen LogP contribution in [-0.4, -0.2) is 34.4 Å². The van der Waals surface area contributed by atoms with Crippen molar-refractivity contribution in [3.63, 3.8) is 0 Å². The van der Waals surface area contributed by atoms with E-state index in [1.54, 1.807) is 18.2 Å². The first-order valence-corrected chi connectivity index (χ1v) is 9.60. The second kappa shape index (κ2) is 8.32. The van der Waals surface area contributed by atoms with Crippen molar-refractivity contribution in [2.75, 3.05) is 23.8 Å². The maximum Gasteiger partial charge on any atom is 0.168 e. The van der Waals surface area contributed by atoms with E-state index in [1.807, 2.05) is 0 Å². The molecule has 1 fully saturated rings. The zero-order valence-electron chi connectivity index (χ0n) is 15.1. The third kappa shape index (κ3) is 4.47. The largest absolute Gasteiger partial charge is 0.486 e. The summed E-state index contributed by atoms with van der Waals surface area (Å²) >= 11 is 10.9. The van der Waals surface area contributed by atoms with Gasteiger partial charge in [-0.25, -0.2) is 14.4 Å². The Morgan fingerprint density at radius 3 is 2.90 bits per heavy atom. The molecule has 1 atom stereocenters. The molecule has 1 aliphatic rings. The maximum absolute atomic E-state index is 13.4. The van der Waals surface area contributed by atoms with E-state index in [4.69, 9.17) is 39.0 Å². The lowest BCUT2D eigenvalue weighted by molar-refractivity contribution is 0.142. The molecular formula is C19H17ClFN5O2S. The molecule has 0 aliphatic carbocycles. The van der Waals surface area contributed by atoms with Crippen molar-refractivity contribution < 1.29 is 13.9 Å². The molecule has 0 radical (unpaired) electrons. The summed E-state index contributed by atoms with van der Waals surface area (Å²) in [5.41, 5.74) is 7.51. The van der Waals surface area contributed by atoms with E-state index in [2.05, 4.69) is 20.6 Å². The molecule has 1 unspecified atom stereocenters. The standard InChI is InChI=1S/C19H17ClFN5O2S/c20-13-5-10(1-2-14(13)21)25-18-12-6-16(26-19(22)29)17(7-15(12)23-9-24-18)28-11-3-4-27-8-11/h1-2,5-7,9,11H,3-4,8H2,(H3,22,26,29)(H,23,24,25). The smallest absolute Gasteiger partial charge is 0.168 e. The number of aromatic nitrogens is 2. The number of anilines is 3. The molecule has 4 rings (SSSR count). The van der Waals surface area contributed by atoms with Gasteiger partial charge in [0.1, 0.15) is 29.8 Å². The molecule has 0 saturated carbocycles.